The van der Waals surface area contributed by atoms with Crippen molar-refractivity contribution in [2.45, 2.75) is 57.3 Å². The molecule has 4 aromatic rings. The van der Waals surface area contributed by atoms with Gasteiger partial charge in [-0.05, 0) is 34.5 Å². The van der Waals surface area contributed by atoms with Crippen molar-refractivity contribution < 1.29 is 28.6 Å². The maximum Gasteiger partial charge on any atom is 0.330 e. The van der Waals surface area contributed by atoms with E-state index < -0.39 is 55.9 Å². The van der Waals surface area contributed by atoms with Crippen molar-refractivity contribution in [2.24, 2.45) is 0 Å². The van der Waals surface area contributed by atoms with Gasteiger partial charge in [0, 0.05) is 11.8 Å². The zero-order valence-electron chi connectivity index (χ0n) is 27.3. The van der Waals surface area contributed by atoms with Gasteiger partial charge in [-0.15, -0.1) is 0 Å². The maximum absolute atomic E-state index is 13.0. The molecular weight excluding hydrogens is 630 g/mol. The van der Waals surface area contributed by atoms with E-state index >= 15 is 0 Å². The lowest BCUT2D eigenvalue weighted by atomic mass is 10.1. The number of aryl methyl sites for hydroxylation is 1. The van der Waals surface area contributed by atoms with Crippen LogP contribution in [0.3, 0.4) is 0 Å². The second kappa shape index (κ2) is 13.2. The van der Waals surface area contributed by atoms with Gasteiger partial charge in [-0.2, -0.15) is 0 Å². The van der Waals surface area contributed by atoms with Crippen LogP contribution in [-0.4, -0.2) is 77.8 Å². The second-order valence-electron chi connectivity index (χ2n) is 13.2. The number of imide groups is 1. The van der Waals surface area contributed by atoms with Gasteiger partial charge in [-0.25, -0.2) is 4.79 Å². The maximum atomic E-state index is 13.0. The van der Waals surface area contributed by atoms with Crippen LogP contribution in [0.25, 0.3) is 0 Å². The van der Waals surface area contributed by atoms with Gasteiger partial charge in [0.1, 0.15) is 18.3 Å². The molecule has 0 radical (unpaired) electrons. The quantitative estimate of drug-likeness (QED) is 0.194. The second-order valence-corrected chi connectivity index (χ2v) is 17.5. The average Bonchev–Trinajstić information content (AvgIpc) is 3.51. The number of carbonyl (C=O) groups excluding carboxylic acids is 2. The predicted octanol–water partition coefficient (Wildman–Crippen LogP) is 2.36. The van der Waals surface area contributed by atoms with Crippen LogP contribution in [0.5, 0.6) is 0 Å². The van der Waals surface area contributed by atoms with Gasteiger partial charge in [0.05, 0.1) is 30.9 Å². The first-order chi connectivity index (χ1) is 22.9. The number of rotatable bonds is 10. The first-order valence-corrected chi connectivity index (χ1v) is 17.8. The van der Waals surface area contributed by atoms with Crippen LogP contribution in [0, 0.1) is 6.92 Å². The fourth-order valence-corrected chi connectivity index (χ4v) is 11.3. The molecule has 2 aliphatic heterocycles. The zero-order valence-corrected chi connectivity index (χ0v) is 28.3. The number of aliphatic hydroxyl groups excluding tert-OH is 1. The molecule has 3 heterocycles. The molecule has 2 N–H and O–H groups in total. The molecule has 4 atom stereocenters. The summed E-state index contributed by atoms with van der Waals surface area (Å²) in [7, 11) is -3.02. The van der Waals surface area contributed by atoms with Crippen molar-refractivity contribution in [1.29, 1.82) is 0 Å². The Balaban J connectivity index is 1.29. The third-order valence-corrected chi connectivity index (χ3v) is 14.1. The summed E-state index contributed by atoms with van der Waals surface area (Å²) in [5, 5.41) is 13.5. The first kappa shape index (κ1) is 33.4. The summed E-state index contributed by atoms with van der Waals surface area (Å²) in [6.45, 7) is 7.74. The summed E-state index contributed by atoms with van der Waals surface area (Å²) >= 11 is 0. The predicted molar refractivity (Wildman–Crippen MR) is 181 cm³/mol. The molecule has 2 unspecified atom stereocenters. The molecule has 2 amide bonds. The first-order valence-electron chi connectivity index (χ1n) is 15.9. The number of carbonyl (C=O) groups is 2. The Morgan fingerprint density at radius 2 is 1.40 bits per heavy atom. The summed E-state index contributed by atoms with van der Waals surface area (Å²) < 4.78 is 20.7. The van der Waals surface area contributed by atoms with E-state index in [0.717, 1.165) is 15.3 Å². The molecule has 6 rings (SSSR count). The average molecular weight is 670 g/mol. The normalized spacial score (nSPS) is 21.1. The minimum Gasteiger partial charge on any atom is -0.405 e. The van der Waals surface area contributed by atoms with Crippen LogP contribution >= 0.6 is 0 Å². The van der Waals surface area contributed by atoms with Crippen molar-refractivity contribution >= 4 is 30.5 Å². The van der Waals surface area contributed by atoms with E-state index in [9.17, 15) is 24.3 Å². The van der Waals surface area contributed by atoms with Crippen LogP contribution in [0.15, 0.2) is 101 Å². The standard InChI is InChI=1S/C36H39N3O8Si/c1-23-21-39(35(44)37-31(23)41)34-30(45-20-19-38-32(42)26-17-11-12-18-27(26)33(38)43)29(40)28(47-34)22-46-48(36(2,3)4,24-13-7-5-8-14-24)25-15-9-6-10-16-25/h5-18,21,28-30,34,40H,19-20,22H2,1-4H3,(H,37,41,44)/t28-,29?,30?,34-/m0/s1. The number of aliphatic hydroxyl groups is 1. The summed E-state index contributed by atoms with van der Waals surface area (Å²) in [6.07, 6.45) is -3.08. The van der Waals surface area contributed by atoms with Crippen LogP contribution < -0.4 is 21.6 Å². The summed E-state index contributed by atoms with van der Waals surface area (Å²) in [6, 6.07) is 26.7. The van der Waals surface area contributed by atoms with Gasteiger partial charge in [-0.3, -0.25) is 28.8 Å². The largest absolute Gasteiger partial charge is 0.405 e. The van der Waals surface area contributed by atoms with Gasteiger partial charge in [-0.1, -0.05) is 93.6 Å². The molecule has 2 aliphatic rings. The van der Waals surface area contributed by atoms with E-state index in [1.165, 1.54) is 10.8 Å². The van der Waals surface area contributed by atoms with Gasteiger partial charge in [0.2, 0.25) is 0 Å². The van der Waals surface area contributed by atoms with Crippen molar-refractivity contribution in [3.63, 3.8) is 0 Å². The topological polar surface area (TPSA) is 140 Å². The van der Waals surface area contributed by atoms with E-state index in [1.54, 1.807) is 31.2 Å². The summed E-state index contributed by atoms with van der Waals surface area (Å²) in [5.41, 5.74) is -0.361. The molecule has 11 nitrogen and oxygen atoms in total. The van der Waals surface area contributed by atoms with E-state index in [0.29, 0.717) is 11.1 Å². The van der Waals surface area contributed by atoms with Crippen molar-refractivity contribution in [1.82, 2.24) is 14.5 Å². The van der Waals surface area contributed by atoms with Crippen molar-refractivity contribution in [2.75, 3.05) is 19.8 Å². The SMILES string of the molecule is Cc1cn([C@H]2O[C@@H](CO[Si](c3ccccc3)(c3ccccc3)C(C)(C)C)C(O)C2OCCN2C(=O)c3ccccc3C2=O)c(=O)[nH]c1=O. The van der Waals surface area contributed by atoms with Gasteiger partial charge in [0.25, 0.3) is 25.7 Å². The number of aromatic amines is 1. The number of amides is 2. The smallest absolute Gasteiger partial charge is 0.330 e. The molecule has 1 fully saturated rings. The van der Waals surface area contributed by atoms with Crippen LogP contribution in [0.1, 0.15) is 53.3 Å². The molecule has 12 heteroatoms. The highest BCUT2D eigenvalue weighted by Gasteiger charge is 2.53. The molecule has 48 heavy (non-hydrogen) atoms. The highest BCUT2D eigenvalue weighted by atomic mass is 28.4. The molecule has 3 aromatic carbocycles. The Labute approximate surface area is 278 Å². The van der Waals surface area contributed by atoms with E-state index in [4.69, 9.17) is 13.9 Å². The summed E-state index contributed by atoms with van der Waals surface area (Å²) in [4.78, 5) is 54.5. The lowest BCUT2D eigenvalue weighted by Crippen LogP contribution is -2.67. The van der Waals surface area contributed by atoms with E-state index in [2.05, 4.69) is 50.0 Å². The fraction of sp³-hybridized carbons (Fsp3) is 0.333. The van der Waals surface area contributed by atoms with Crippen LogP contribution in [0.2, 0.25) is 5.04 Å². The zero-order chi connectivity index (χ0) is 34.2. The van der Waals surface area contributed by atoms with Gasteiger partial charge >= 0.3 is 5.69 Å². The Bertz CT molecular complexity index is 1850. The van der Waals surface area contributed by atoms with Crippen molar-refractivity contribution in [3.8, 4) is 0 Å². The number of H-pyrrole nitrogens is 1. The van der Waals surface area contributed by atoms with Crippen molar-refractivity contribution in [3.05, 3.63) is 129 Å². The monoisotopic (exact) mass is 669 g/mol. The summed E-state index contributed by atoms with van der Waals surface area (Å²) in [5.74, 6) is -0.856. The number of hydrogen-bond donors (Lipinski definition) is 2. The minimum absolute atomic E-state index is 0.0275. The molecule has 0 saturated carbocycles. The highest BCUT2D eigenvalue weighted by molar-refractivity contribution is 6.99. The number of hydrogen-bond acceptors (Lipinski definition) is 8. The Morgan fingerprint density at radius 3 is 1.94 bits per heavy atom. The third-order valence-electron chi connectivity index (χ3n) is 9.12. The Hall–Kier alpha value is -4.46. The number of nitrogens with one attached hydrogen (secondary N) is 1. The van der Waals surface area contributed by atoms with E-state index in [1.807, 2.05) is 36.4 Å². The number of nitrogens with zero attached hydrogens (tertiary/aromatic N) is 2. The number of aromatic nitrogens is 2. The fourth-order valence-electron chi connectivity index (χ4n) is 6.73. The molecule has 0 spiro atoms. The molecule has 1 aromatic heterocycles. The van der Waals surface area contributed by atoms with E-state index in [-0.39, 0.29) is 30.4 Å². The molecule has 250 valence electrons. The highest BCUT2D eigenvalue weighted by Crippen LogP contribution is 2.38. The lowest BCUT2D eigenvalue weighted by molar-refractivity contribution is -0.0748. The lowest BCUT2D eigenvalue weighted by Gasteiger charge is -2.43. The van der Waals surface area contributed by atoms with Gasteiger partial charge in [0.15, 0.2) is 6.23 Å². The molecule has 0 bridgehead atoms. The Morgan fingerprint density at radius 1 is 0.854 bits per heavy atom. The molecule has 1 saturated heterocycles. The third kappa shape index (κ3) is 5.90. The minimum atomic E-state index is -3.02. The molecule has 0 aliphatic carbocycles. The van der Waals surface area contributed by atoms with Gasteiger partial charge < -0.3 is 19.0 Å². The Kier molecular flexibility index (Phi) is 9.20. The number of ether oxygens (including phenoxy) is 2. The number of benzene rings is 3. The van der Waals surface area contributed by atoms with Crippen LogP contribution in [-0.2, 0) is 13.9 Å². The molecular formula is C36H39N3O8Si. The number of fused-ring (bicyclic) bond motifs is 1. The van der Waals surface area contributed by atoms with Crippen LogP contribution in [0.4, 0.5) is 0 Å².